The van der Waals surface area contributed by atoms with Crippen LogP contribution in [0.15, 0.2) is 0 Å². The highest BCUT2D eigenvalue weighted by Crippen LogP contribution is 2.24. The fourth-order valence-corrected chi connectivity index (χ4v) is 5.62. The number of nitrogens with zero attached hydrogens (tertiary/aromatic N) is 3. The van der Waals surface area contributed by atoms with E-state index in [9.17, 15) is 43.2 Å². The van der Waals surface area contributed by atoms with Crippen LogP contribution < -0.4 is 17.2 Å². The number of carboxylic acid groups (broad SMARTS) is 3. The molecule has 1 unspecified atom stereocenters. The molecule has 2 fully saturated rings. The first-order chi connectivity index (χ1) is 22.5. The van der Waals surface area contributed by atoms with Crippen LogP contribution in [-0.4, -0.2) is 102 Å². The largest absolute Gasteiger partial charge is 0.474 e. The van der Waals surface area contributed by atoms with Crippen LogP contribution in [0.5, 0.6) is 0 Å². The van der Waals surface area contributed by atoms with E-state index in [1.165, 1.54) is 0 Å². The minimum atomic E-state index is -1.64. The first-order valence-corrected chi connectivity index (χ1v) is 16.1. The summed E-state index contributed by atoms with van der Waals surface area (Å²) in [4.78, 5) is 101. The number of primary amides is 3. The topological polar surface area (TPSA) is 302 Å². The maximum atomic E-state index is 11.5. The number of amides is 9. The van der Waals surface area contributed by atoms with E-state index in [1.54, 1.807) is 0 Å². The average molecular weight is 687 g/mol. The molecule has 2 aliphatic carbocycles. The number of nitrogens with two attached hydrogens (primary N) is 3. The second-order valence-electron chi connectivity index (χ2n) is 11.5. The van der Waals surface area contributed by atoms with E-state index in [-0.39, 0.29) is 12.1 Å². The molecule has 48 heavy (non-hydrogen) atoms. The first-order valence-electron chi connectivity index (χ1n) is 16.1. The molecule has 18 heteroatoms. The van der Waals surface area contributed by atoms with Gasteiger partial charge in [-0.2, -0.15) is 0 Å². The Labute approximate surface area is 278 Å². The molecule has 9 N–H and O–H groups in total. The average Bonchev–Trinajstić information content (AvgIpc) is 3.54. The standard InChI is InChI=1S/C13H24N2O4.C9H14N2O4.C8H12N2O4/c1-3-5-7-9-10(8-6-4-2)15(13(14)19)11(16)12(17)18;10-9(15)11(7(12)8(13)14)6-4-2-1-3-5-6;9-8(14)10(6(11)7(12)13)5-3-1-2-4-5/h10H,3-9H2,1-2H3,(H2,14,19)(H,17,18);6H,1-5H2,(H2,10,15)(H,13,14);5H,1-4H2,(H2,9,14)(H,12,13). The maximum absolute atomic E-state index is 11.5. The first kappa shape index (κ1) is 43.2. The third-order valence-corrected chi connectivity index (χ3v) is 7.94. The Morgan fingerprint density at radius 1 is 0.542 bits per heavy atom. The summed E-state index contributed by atoms with van der Waals surface area (Å²) in [6, 6.07) is -4.04. The molecule has 1 atom stereocenters. The highest BCUT2D eigenvalue weighted by Gasteiger charge is 2.35. The van der Waals surface area contributed by atoms with Crippen molar-refractivity contribution in [2.24, 2.45) is 17.2 Å². The van der Waals surface area contributed by atoms with Gasteiger partial charge in [-0.05, 0) is 38.5 Å². The van der Waals surface area contributed by atoms with Crippen molar-refractivity contribution in [1.82, 2.24) is 14.7 Å². The zero-order chi connectivity index (χ0) is 37.0. The van der Waals surface area contributed by atoms with Crippen molar-refractivity contribution in [1.29, 1.82) is 0 Å². The van der Waals surface area contributed by atoms with E-state index in [1.807, 2.05) is 6.92 Å². The van der Waals surface area contributed by atoms with Gasteiger partial charge in [-0.25, -0.2) is 28.8 Å². The summed E-state index contributed by atoms with van der Waals surface area (Å²) in [6.45, 7) is 4.05. The number of rotatable bonds is 10. The van der Waals surface area contributed by atoms with E-state index in [4.69, 9.17) is 32.5 Å². The van der Waals surface area contributed by atoms with Crippen LogP contribution in [0.2, 0.25) is 0 Å². The highest BCUT2D eigenvalue weighted by molar-refractivity contribution is 6.35. The molecule has 0 aliphatic heterocycles. The van der Waals surface area contributed by atoms with Gasteiger partial charge in [-0.3, -0.25) is 29.1 Å². The van der Waals surface area contributed by atoms with Crippen LogP contribution in [0, 0.1) is 0 Å². The number of carbonyl (C=O) groups excluding carboxylic acids is 6. The zero-order valence-corrected chi connectivity index (χ0v) is 27.6. The van der Waals surface area contributed by atoms with E-state index in [0.29, 0.717) is 53.2 Å². The van der Waals surface area contributed by atoms with Gasteiger partial charge in [0.2, 0.25) is 0 Å². The van der Waals surface area contributed by atoms with Crippen molar-refractivity contribution in [3.63, 3.8) is 0 Å². The third kappa shape index (κ3) is 14.8. The van der Waals surface area contributed by atoms with Crippen LogP contribution in [-0.2, 0) is 28.8 Å². The minimum absolute atomic E-state index is 0.337. The van der Waals surface area contributed by atoms with Crippen molar-refractivity contribution in [2.75, 3.05) is 0 Å². The number of urea groups is 3. The maximum Gasteiger partial charge on any atom is 0.395 e. The zero-order valence-electron chi connectivity index (χ0n) is 27.6. The predicted octanol–water partition coefficient (Wildman–Crippen LogP) is 2.35. The molecular weight excluding hydrogens is 636 g/mol. The molecule has 272 valence electrons. The lowest BCUT2D eigenvalue weighted by atomic mass is 9.94. The summed E-state index contributed by atoms with van der Waals surface area (Å²) in [6.07, 6.45) is 13.0. The molecule has 0 heterocycles. The SMILES string of the molecule is CCCCCC(CCCC)N(C(N)=O)C(=O)C(=O)O.NC(=O)N(C(=O)C(=O)O)C1CCCC1.NC(=O)N(C(=O)C(=O)O)C1CCCCC1. The molecular formula is C30H50N6O12. The smallest absolute Gasteiger partial charge is 0.395 e. The van der Waals surface area contributed by atoms with Gasteiger partial charge in [-0.1, -0.05) is 78.1 Å². The molecule has 0 spiro atoms. The minimum Gasteiger partial charge on any atom is -0.474 e. The molecule has 2 aliphatic rings. The second kappa shape index (κ2) is 22.7. The van der Waals surface area contributed by atoms with E-state index >= 15 is 0 Å². The summed E-state index contributed by atoms with van der Waals surface area (Å²) in [7, 11) is 0. The Kier molecular flexibility index (Phi) is 20.4. The molecule has 0 saturated heterocycles. The van der Waals surface area contributed by atoms with E-state index < -0.39 is 59.8 Å². The Bertz CT molecular complexity index is 1150. The van der Waals surface area contributed by atoms with Crippen LogP contribution >= 0.6 is 0 Å². The van der Waals surface area contributed by atoms with Crippen molar-refractivity contribution >= 4 is 53.7 Å². The van der Waals surface area contributed by atoms with Crippen LogP contribution in [0.4, 0.5) is 14.4 Å². The van der Waals surface area contributed by atoms with Gasteiger partial charge in [0.1, 0.15) is 0 Å². The fourth-order valence-electron chi connectivity index (χ4n) is 5.62. The Morgan fingerprint density at radius 3 is 1.21 bits per heavy atom. The Hall–Kier alpha value is -4.77. The van der Waals surface area contributed by atoms with Gasteiger partial charge in [0.05, 0.1) is 0 Å². The number of hydrogen-bond acceptors (Lipinski definition) is 9. The molecule has 0 radical (unpaired) electrons. The van der Waals surface area contributed by atoms with Gasteiger partial charge in [0, 0.05) is 18.1 Å². The molecule has 2 saturated carbocycles. The number of unbranched alkanes of at least 4 members (excludes halogenated alkanes) is 3. The number of carbonyl (C=O) groups is 9. The monoisotopic (exact) mass is 686 g/mol. The van der Waals surface area contributed by atoms with Crippen molar-refractivity contribution in [2.45, 2.75) is 135 Å². The normalized spacial score (nSPS) is 14.9. The number of carboxylic acids is 3. The third-order valence-electron chi connectivity index (χ3n) is 7.94. The highest BCUT2D eigenvalue weighted by atomic mass is 16.4. The van der Waals surface area contributed by atoms with Crippen molar-refractivity contribution < 1.29 is 58.5 Å². The lowest BCUT2D eigenvalue weighted by molar-refractivity contribution is -0.155. The summed E-state index contributed by atoms with van der Waals surface area (Å²) in [5, 5.41) is 25.7. The second-order valence-corrected chi connectivity index (χ2v) is 11.5. The molecule has 0 aromatic heterocycles. The summed E-state index contributed by atoms with van der Waals surface area (Å²) >= 11 is 0. The summed E-state index contributed by atoms with van der Waals surface area (Å²) in [5.74, 6) is -8.62. The van der Waals surface area contributed by atoms with Crippen LogP contribution in [0.3, 0.4) is 0 Å². The van der Waals surface area contributed by atoms with Crippen LogP contribution in [0.25, 0.3) is 0 Å². The quantitative estimate of drug-likeness (QED) is 0.142. The number of aliphatic carboxylic acids is 3. The predicted molar refractivity (Wildman–Crippen MR) is 169 cm³/mol. The van der Waals surface area contributed by atoms with Gasteiger partial charge >= 0.3 is 53.7 Å². The number of hydrogen-bond donors (Lipinski definition) is 6. The van der Waals surface area contributed by atoms with E-state index in [0.717, 1.165) is 64.2 Å². The summed E-state index contributed by atoms with van der Waals surface area (Å²) in [5.41, 5.74) is 15.1. The lowest BCUT2D eigenvalue weighted by Crippen LogP contribution is -2.50. The fraction of sp³-hybridized carbons (Fsp3) is 0.700. The van der Waals surface area contributed by atoms with Gasteiger partial charge in [0.25, 0.3) is 0 Å². The number of imide groups is 3. The van der Waals surface area contributed by atoms with Crippen molar-refractivity contribution in [3.05, 3.63) is 0 Å². The van der Waals surface area contributed by atoms with Gasteiger partial charge in [-0.15, -0.1) is 0 Å². The summed E-state index contributed by atoms with van der Waals surface area (Å²) < 4.78 is 0. The van der Waals surface area contributed by atoms with Crippen LogP contribution in [0.1, 0.15) is 117 Å². The van der Waals surface area contributed by atoms with Gasteiger partial charge < -0.3 is 32.5 Å². The Morgan fingerprint density at radius 2 is 0.896 bits per heavy atom. The molecule has 0 aromatic carbocycles. The van der Waals surface area contributed by atoms with E-state index in [2.05, 4.69) is 6.92 Å². The molecule has 18 nitrogen and oxygen atoms in total. The Balaban J connectivity index is 0.000000699. The molecule has 0 bridgehead atoms. The molecule has 9 amide bonds. The molecule has 2 rings (SSSR count). The molecule has 0 aromatic rings. The lowest BCUT2D eigenvalue weighted by Gasteiger charge is -2.30. The van der Waals surface area contributed by atoms with Gasteiger partial charge in [0.15, 0.2) is 0 Å². The van der Waals surface area contributed by atoms with Crippen molar-refractivity contribution in [3.8, 4) is 0 Å².